The first-order chi connectivity index (χ1) is 34.6. The third-order valence-electron chi connectivity index (χ3n) is 13.2. The average molecular weight is 1100 g/mol. The molecule has 6 rings (SSSR count). The van der Waals surface area contributed by atoms with Crippen molar-refractivity contribution in [2.24, 2.45) is 0 Å². The van der Waals surface area contributed by atoms with Gasteiger partial charge >= 0.3 is 5.97 Å². The van der Waals surface area contributed by atoms with Crippen LogP contribution in [0.3, 0.4) is 0 Å². The molecule has 0 aromatic heterocycles. The fourth-order valence-electron chi connectivity index (χ4n) is 9.97. The van der Waals surface area contributed by atoms with E-state index in [4.69, 9.17) is 9.47 Å². The maximum Gasteiger partial charge on any atom is 0.303 e. The van der Waals surface area contributed by atoms with Gasteiger partial charge < -0.3 is 24.8 Å². The highest BCUT2D eigenvalue weighted by Gasteiger charge is 2.47. The first-order valence-electron chi connectivity index (χ1n) is 23.3. The maximum absolute atomic E-state index is 13.4. The van der Waals surface area contributed by atoms with E-state index in [9.17, 15) is 66.6 Å². The Kier molecular flexibility index (Phi) is 17.6. The summed E-state index contributed by atoms with van der Waals surface area (Å²) in [6.07, 6.45) is 13.9. The van der Waals surface area contributed by atoms with Crippen molar-refractivity contribution >= 4 is 91.0 Å². The van der Waals surface area contributed by atoms with Gasteiger partial charge in [0.05, 0.1) is 29.3 Å². The molecule has 1 amide bonds. The minimum atomic E-state index is -4.98. The van der Waals surface area contributed by atoms with Crippen LogP contribution < -0.4 is 10.2 Å². The summed E-state index contributed by atoms with van der Waals surface area (Å²) < 4.78 is 153. The molecule has 0 saturated heterocycles. The van der Waals surface area contributed by atoms with Gasteiger partial charge in [-0.3, -0.25) is 27.8 Å². The van der Waals surface area contributed by atoms with Gasteiger partial charge in [-0.05, 0) is 105 Å². The fourth-order valence-corrected chi connectivity index (χ4v) is 12.6. The monoisotopic (exact) mass is 1100 g/mol. The lowest BCUT2D eigenvalue weighted by Gasteiger charge is -2.30. The summed E-state index contributed by atoms with van der Waals surface area (Å²) >= 11 is 0. The first-order valence-corrected chi connectivity index (χ1v) is 29.2. The second kappa shape index (κ2) is 22.7. The molecule has 6 N–H and O–H groups in total. The molecule has 74 heavy (non-hydrogen) atoms. The number of hydrogen-bond donors (Lipinski definition) is 6. The smallest absolute Gasteiger partial charge is 0.303 e. The van der Waals surface area contributed by atoms with E-state index in [-0.39, 0.29) is 67.3 Å². The van der Waals surface area contributed by atoms with Crippen LogP contribution in [0, 0.1) is 0 Å². The number of aliphatic carboxylic acids is 1. The number of unbranched alkanes of at least 4 members (excludes halogenated alkanes) is 2. The zero-order chi connectivity index (χ0) is 54.6. The van der Waals surface area contributed by atoms with E-state index >= 15 is 0 Å². The quantitative estimate of drug-likeness (QED) is 0.0182. The van der Waals surface area contributed by atoms with Crippen molar-refractivity contribution < 1.29 is 80.6 Å². The van der Waals surface area contributed by atoms with E-state index in [0.717, 1.165) is 12.1 Å². The summed E-state index contributed by atoms with van der Waals surface area (Å²) in [6.45, 7) is 6.71. The molecule has 2 aliphatic rings. The van der Waals surface area contributed by atoms with Crippen molar-refractivity contribution in [2.45, 2.75) is 84.8 Å². The van der Waals surface area contributed by atoms with Crippen molar-refractivity contribution in [3.05, 3.63) is 113 Å². The Morgan fingerprint density at radius 3 is 1.95 bits per heavy atom. The van der Waals surface area contributed by atoms with Crippen molar-refractivity contribution in [3.63, 3.8) is 0 Å². The summed E-state index contributed by atoms with van der Waals surface area (Å²) in [7, 11) is -16.2. The number of fused-ring (bicyclic) bond motifs is 6. The van der Waals surface area contributed by atoms with Crippen molar-refractivity contribution in [1.82, 2.24) is 5.32 Å². The molecule has 400 valence electrons. The number of carbonyl (C=O) groups excluding carboxylic acids is 1. The van der Waals surface area contributed by atoms with Crippen LogP contribution in [0.25, 0.3) is 21.5 Å². The Labute approximate surface area is 430 Å². The van der Waals surface area contributed by atoms with Gasteiger partial charge in [0.2, 0.25) is 5.69 Å². The summed E-state index contributed by atoms with van der Waals surface area (Å²) in [5.41, 5.74) is 1.48. The number of anilines is 1. The molecule has 2 aliphatic heterocycles. The van der Waals surface area contributed by atoms with Gasteiger partial charge in [0, 0.05) is 91.0 Å². The highest BCUT2D eigenvalue weighted by Crippen LogP contribution is 2.54. The molecule has 1 unspecified atom stereocenters. The Morgan fingerprint density at radius 1 is 0.703 bits per heavy atom. The van der Waals surface area contributed by atoms with E-state index < -0.39 is 83.6 Å². The summed E-state index contributed by atoms with van der Waals surface area (Å²) in [4.78, 5) is 24.6. The Balaban J connectivity index is 1.43. The van der Waals surface area contributed by atoms with Crippen LogP contribution in [-0.4, -0.2) is 132 Å². The predicted octanol–water partition coefficient (Wildman–Crippen LogP) is 6.78. The number of hydrogen-bond acceptors (Lipinski definition) is 13. The molecule has 0 saturated carbocycles. The lowest BCUT2D eigenvalue weighted by Crippen LogP contribution is -2.31. The normalized spacial score (nSPS) is 17.7. The van der Waals surface area contributed by atoms with Crippen LogP contribution in [0.15, 0.2) is 111 Å². The summed E-state index contributed by atoms with van der Waals surface area (Å²) in [6, 6.07) is 10.8. The number of carboxylic acids is 1. The number of nitrogens with zero attached hydrogens (tertiary/aromatic N) is 2. The van der Waals surface area contributed by atoms with E-state index in [2.05, 4.69) is 5.32 Å². The standard InChI is InChI=1S/C50H59N3O17S4/c1-49(2)43(52(24-13-9-12-17-45(54)55)39-20-18-36-38(46(39)49)31-34(72(60,61)62)32-42(36)74(66,67)68)15-10-7-6-8-11-16-44-50(3,22-14-28-71(57,58)59)47-37-29-33(48(56)51-23-26-69-4)30-41(73(63,64)65)35(37)19-21-40(47)53(44)25-27-70-5/h6-8,10-11,15-16,18-21,29-32H,9,12-14,17,22-28H2,1-5H3,(H5-,51,54,55,56,57,58,59,60,61,62,63,64,65,66,67,68)/p+1. The maximum atomic E-state index is 13.4. The second-order valence-electron chi connectivity index (χ2n) is 18.6. The summed E-state index contributed by atoms with van der Waals surface area (Å²) in [5, 5.41) is 12.5. The van der Waals surface area contributed by atoms with Crippen molar-refractivity contribution in [1.29, 1.82) is 0 Å². The van der Waals surface area contributed by atoms with Crippen LogP contribution in [-0.2, 0) is 65.6 Å². The minimum absolute atomic E-state index is 0.0217. The SMILES string of the molecule is COCCNC(=O)c1cc(S(=O)(=O)O)c2ccc3c(c2c1)C(C)(CCCS(=O)(=O)O)\C(=C/C=C/C=C/C=C/C1=[N+](CCCCCC(=O)O)c2ccc4c(S(=O)(=O)O)cc(S(=O)(=O)O)cc4c2C1(C)C)N3CCOC. The Bertz CT molecular complexity index is 3510. The van der Waals surface area contributed by atoms with Gasteiger partial charge in [0.15, 0.2) is 5.71 Å². The number of carbonyl (C=O) groups is 2. The Hall–Kier alpha value is -5.67. The molecule has 0 spiro atoms. The molecule has 0 fully saturated rings. The van der Waals surface area contributed by atoms with Gasteiger partial charge in [0.1, 0.15) is 16.3 Å². The molecule has 4 aromatic carbocycles. The lowest BCUT2D eigenvalue weighted by atomic mass is 9.75. The second-order valence-corrected chi connectivity index (χ2v) is 24.4. The zero-order valence-corrected chi connectivity index (χ0v) is 44.6. The molecule has 4 aromatic rings. The van der Waals surface area contributed by atoms with Crippen molar-refractivity contribution in [3.8, 4) is 0 Å². The van der Waals surface area contributed by atoms with Gasteiger partial charge in [-0.15, -0.1) is 0 Å². The van der Waals surface area contributed by atoms with Gasteiger partial charge in [0.25, 0.3) is 46.4 Å². The van der Waals surface area contributed by atoms with Crippen LogP contribution in [0.5, 0.6) is 0 Å². The molecule has 24 heteroatoms. The van der Waals surface area contributed by atoms with E-state index in [1.807, 2.05) is 36.3 Å². The third-order valence-corrected chi connectivity index (χ3v) is 16.6. The Morgan fingerprint density at radius 2 is 1.32 bits per heavy atom. The predicted molar refractivity (Wildman–Crippen MR) is 278 cm³/mol. The molecular formula is C50H60N3O17S4+. The minimum Gasteiger partial charge on any atom is -0.481 e. The number of amides is 1. The summed E-state index contributed by atoms with van der Waals surface area (Å²) in [5.74, 6) is -2.15. The van der Waals surface area contributed by atoms with Crippen LogP contribution in [0.2, 0.25) is 0 Å². The van der Waals surface area contributed by atoms with E-state index in [0.29, 0.717) is 71.2 Å². The lowest BCUT2D eigenvalue weighted by molar-refractivity contribution is -0.438. The molecular weight excluding hydrogens is 1040 g/mol. The van der Waals surface area contributed by atoms with Crippen LogP contribution in [0.4, 0.5) is 11.4 Å². The molecule has 20 nitrogen and oxygen atoms in total. The van der Waals surface area contributed by atoms with E-state index in [1.165, 1.54) is 32.4 Å². The number of carboxylic acid groups (broad SMARTS) is 1. The number of allylic oxidation sites excluding steroid dienone is 8. The fraction of sp³-hybridized carbons (Fsp3) is 0.380. The van der Waals surface area contributed by atoms with Crippen LogP contribution in [0.1, 0.15) is 80.8 Å². The molecule has 0 bridgehead atoms. The topological polar surface area (TPSA) is 309 Å². The largest absolute Gasteiger partial charge is 0.481 e. The third kappa shape index (κ3) is 12.7. The highest BCUT2D eigenvalue weighted by atomic mass is 32.2. The highest BCUT2D eigenvalue weighted by molar-refractivity contribution is 7.87. The number of ether oxygens (including phenoxy) is 2. The zero-order valence-electron chi connectivity index (χ0n) is 41.3. The van der Waals surface area contributed by atoms with Crippen molar-refractivity contribution in [2.75, 3.05) is 57.7 Å². The van der Waals surface area contributed by atoms with Gasteiger partial charge in [-0.25, -0.2) is 0 Å². The molecule has 0 radical (unpaired) electrons. The number of nitrogens with one attached hydrogen (secondary N) is 1. The molecule has 1 atom stereocenters. The number of rotatable bonds is 24. The number of methoxy groups -OCH3 is 2. The number of benzene rings is 4. The van der Waals surface area contributed by atoms with E-state index in [1.54, 1.807) is 48.6 Å². The van der Waals surface area contributed by atoms with Gasteiger partial charge in [-0.2, -0.15) is 38.2 Å². The average Bonchev–Trinajstić information content (AvgIpc) is 3.67. The van der Waals surface area contributed by atoms with Gasteiger partial charge in [-0.1, -0.05) is 36.4 Å². The first kappa shape index (κ1) is 57.6. The van der Waals surface area contributed by atoms with Crippen LogP contribution >= 0.6 is 0 Å². The molecule has 0 aliphatic carbocycles. The molecule has 2 heterocycles.